The molecule has 0 fully saturated rings. The molecule has 2 rings (SSSR count). The van der Waals surface area contributed by atoms with Gasteiger partial charge in [-0.15, -0.1) is 5.10 Å². The van der Waals surface area contributed by atoms with E-state index in [1.807, 2.05) is 13.0 Å². The number of H-pyrrole nitrogens is 1. The van der Waals surface area contributed by atoms with Crippen molar-refractivity contribution in [2.75, 3.05) is 0 Å². The van der Waals surface area contributed by atoms with Crippen LogP contribution in [0.4, 0.5) is 0 Å². The lowest BCUT2D eigenvalue weighted by atomic mass is 10.2. The number of halogens is 1. The zero-order valence-electron chi connectivity index (χ0n) is 8.57. The van der Waals surface area contributed by atoms with Gasteiger partial charge in [0.1, 0.15) is 5.82 Å². The molecule has 84 valence electrons. The predicted molar refractivity (Wildman–Crippen MR) is 62.6 cm³/mol. The molecule has 0 spiro atoms. The number of aromatic nitrogens is 3. The molecule has 0 aliphatic carbocycles. The summed E-state index contributed by atoms with van der Waals surface area (Å²) in [6, 6.07) is 5.37. The van der Waals surface area contributed by atoms with Gasteiger partial charge in [0.05, 0.1) is 6.61 Å². The molecule has 16 heavy (non-hydrogen) atoms. The monoisotopic (exact) mass is 255 g/mol. The number of aliphatic hydroxyl groups is 1. The van der Waals surface area contributed by atoms with Gasteiger partial charge in [0.15, 0.2) is 0 Å². The van der Waals surface area contributed by atoms with Crippen molar-refractivity contribution in [1.29, 1.82) is 0 Å². The summed E-state index contributed by atoms with van der Waals surface area (Å²) in [6.45, 7) is 1.79. The van der Waals surface area contributed by atoms with Crippen molar-refractivity contribution < 1.29 is 5.11 Å². The molecule has 0 aliphatic rings. The average Bonchev–Trinajstić information content (AvgIpc) is 2.67. The lowest BCUT2D eigenvalue weighted by Gasteiger charge is -2.04. The maximum Gasteiger partial charge on any atom is 0.213 e. The Morgan fingerprint density at radius 3 is 2.94 bits per heavy atom. The van der Waals surface area contributed by atoms with Crippen LogP contribution in [0.1, 0.15) is 11.4 Å². The summed E-state index contributed by atoms with van der Waals surface area (Å²) < 4.78 is 0. The van der Waals surface area contributed by atoms with Crippen LogP contribution in [0.15, 0.2) is 28.3 Å². The van der Waals surface area contributed by atoms with Gasteiger partial charge in [-0.2, -0.15) is 0 Å². The normalized spacial score (nSPS) is 10.7. The van der Waals surface area contributed by atoms with Crippen molar-refractivity contribution in [3.05, 3.63) is 34.6 Å². The molecule has 2 aromatic rings. The van der Waals surface area contributed by atoms with E-state index in [0.29, 0.717) is 10.2 Å². The van der Waals surface area contributed by atoms with Crippen LogP contribution in [0.5, 0.6) is 0 Å². The van der Waals surface area contributed by atoms with E-state index in [-0.39, 0.29) is 6.61 Å². The number of hydrogen-bond donors (Lipinski definition) is 2. The molecular formula is C10H10ClN3OS. The third-order valence-corrected chi connectivity index (χ3v) is 3.19. The summed E-state index contributed by atoms with van der Waals surface area (Å²) in [5.74, 6) is 0.766. The number of hydrogen-bond acceptors (Lipinski definition) is 4. The first-order valence-electron chi connectivity index (χ1n) is 4.65. The van der Waals surface area contributed by atoms with E-state index in [1.165, 1.54) is 11.8 Å². The number of aliphatic hydroxyl groups excluding tert-OH is 1. The smallest absolute Gasteiger partial charge is 0.213 e. The topological polar surface area (TPSA) is 61.8 Å². The molecule has 4 nitrogen and oxygen atoms in total. The first-order chi connectivity index (χ1) is 7.69. The molecule has 0 aliphatic heterocycles. The third-order valence-electron chi connectivity index (χ3n) is 1.97. The Balaban J connectivity index is 2.27. The molecule has 0 unspecified atom stereocenters. The van der Waals surface area contributed by atoms with Gasteiger partial charge in [-0.3, -0.25) is 5.10 Å². The highest BCUT2D eigenvalue weighted by Crippen LogP contribution is 2.29. The highest BCUT2D eigenvalue weighted by Gasteiger charge is 2.07. The van der Waals surface area contributed by atoms with Crippen LogP contribution < -0.4 is 0 Å². The Morgan fingerprint density at radius 1 is 1.50 bits per heavy atom. The Bertz CT molecular complexity index is 501. The Labute approximate surface area is 102 Å². The minimum atomic E-state index is -0.0493. The van der Waals surface area contributed by atoms with E-state index in [9.17, 15) is 5.11 Å². The number of aryl methyl sites for hydroxylation is 1. The van der Waals surface area contributed by atoms with Gasteiger partial charge in [0, 0.05) is 9.92 Å². The molecule has 0 saturated heterocycles. The summed E-state index contributed by atoms with van der Waals surface area (Å²) in [4.78, 5) is 5.09. The maximum atomic E-state index is 9.21. The predicted octanol–water partition coefficient (Wildman–Crippen LogP) is 2.41. The van der Waals surface area contributed by atoms with Crippen LogP contribution >= 0.6 is 23.4 Å². The average molecular weight is 256 g/mol. The van der Waals surface area contributed by atoms with Gasteiger partial charge in [0.2, 0.25) is 5.16 Å². The van der Waals surface area contributed by atoms with Gasteiger partial charge >= 0.3 is 0 Å². The third kappa shape index (κ3) is 2.55. The molecule has 6 heteroatoms. The standard InChI is InChI=1S/C10H10ClN3OS/c1-6-12-10(14-13-6)16-9-3-2-8(11)4-7(9)5-15/h2-4,15H,5H2,1H3,(H,12,13,14). The van der Waals surface area contributed by atoms with Crippen molar-refractivity contribution in [2.24, 2.45) is 0 Å². The van der Waals surface area contributed by atoms with E-state index < -0.39 is 0 Å². The van der Waals surface area contributed by atoms with Crippen molar-refractivity contribution in [2.45, 2.75) is 23.6 Å². The summed E-state index contributed by atoms with van der Waals surface area (Å²) >= 11 is 7.24. The van der Waals surface area contributed by atoms with Crippen molar-refractivity contribution in [1.82, 2.24) is 15.2 Å². The summed E-state index contributed by atoms with van der Waals surface area (Å²) in [7, 11) is 0. The minimum Gasteiger partial charge on any atom is -0.392 e. The lowest BCUT2D eigenvalue weighted by molar-refractivity contribution is 0.279. The van der Waals surface area contributed by atoms with Gasteiger partial charge < -0.3 is 5.11 Å². The van der Waals surface area contributed by atoms with Crippen LogP contribution in [0.25, 0.3) is 0 Å². The van der Waals surface area contributed by atoms with Gasteiger partial charge in [-0.1, -0.05) is 11.6 Å². The second kappa shape index (κ2) is 4.86. The number of nitrogens with zero attached hydrogens (tertiary/aromatic N) is 2. The molecular weight excluding hydrogens is 246 g/mol. The lowest BCUT2D eigenvalue weighted by Crippen LogP contribution is -1.88. The van der Waals surface area contributed by atoms with E-state index in [2.05, 4.69) is 15.2 Å². The van der Waals surface area contributed by atoms with Crippen molar-refractivity contribution >= 4 is 23.4 Å². The fraction of sp³-hybridized carbons (Fsp3) is 0.200. The fourth-order valence-electron chi connectivity index (χ4n) is 1.24. The fourth-order valence-corrected chi connectivity index (χ4v) is 2.29. The van der Waals surface area contributed by atoms with E-state index >= 15 is 0 Å². The second-order valence-corrected chi connectivity index (χ2v) is 4.66. The highest BCUT2D eigenvalue weighted by atomic mass is 35.5. The number of nitrogens with one attached hydrogen (secondary N) is 1. The zero-order valence-corrected chi connectivity index (χ0v) is 10.1. The first-order valence-corrected chi connectivity index (χ1v) is 5.84. The number of benzene rings is 1. The SMILES string of the molecule is Cc1nc(Sc2ccc(Cl)cc2CO)n[nH]1. The zero-order chi connectivity index (χ0) is 11.5. The molecule has 0 saturated carbocycles. The molecule has 1 aromatic heterocycles. The van der Waals surface area contributed by atoms with Gasteiger partial charge in [-0.25, -0.2) is 4.98 Å². The second-order valence-electron chi connectivity index (χ2n) is 3.22. The number of aromatic amines is 1. The molecule has 0 amide bonds. The summed E-state index contributed by atoms with van der Waals surface area (Å²) in [5.41, 5.74) is 0.778. The Morgan fingerprint density at radius 2 is 2.31 bits per heavy atom. The first kappa shape index (κ1) is 11.4. The van der Waals surface area contributed by atoms with E-state index in [1.54, 1.807) is 12.1 Å². The van der Waals surface area contributed by atoms with Crippen LogP contribution in [-0.2, 0) is 6.61 Å². The Hall–Kier alpha value is -1.04. The Kier molecular flexibility index (Phi) is 3.48. The van der Waals surface area contributed by atoms with E-state index in [0.717, 1.165) is 16.3 Å². The molecule has 0 bridgehead atoms. The molecule has 2 N–H and O–H groups in total. The van der Waals surface area contributed by atoms with E-state index in [4.69, 9.17) is 11.6 Å². The van der Waals surface area contributed by atoms with Crippen LogP contribution in [-0.4, -0.2) is 20.3 Å². The molecule has 0 atom stereocenters. The number of rotatable bonds is 3. The molecule has 0 radical (unpaired) electrons. The minimum absolute atomic E-state index is 0.0493. The molecule has 1 heterocycles. The van der Waals surface area contributed by atoms with Gasteiger partial charge in [0.25, 0.3) is 0 Å². The highest BCUT2D eigenvalue weighted by molar-refractivity contribution is 7.99. The largest absolute Gasteiger partial charge is 0.392 e. The van der Waals surface area contributed by atoms with Crippen molar-refractivity contribution in [3.63, 3.8) is 0 Å². The van der Waals surface area contributed by atoms with Crippen LogP contribution in [0.3, 0.4) is 0 Å². The van der Waals surface area contributed by atoms with Crippen LogP contribution in [0.2, 0.25) is 5.02 Å². The quantitative estimate of drug-likeness (QED) is 0.884. The van der Waals surface area contributed by atoms with Crippen molar-refractivity contribution in [3.8, 4) is 0 Å². The van der Waals surface area contributed by atoms with Crippen LogP contribution in [0, 0.1) is 6.92 Å². The van der Waals surface area contributed by atoms with Gasteiger partial charge in [-0.05, 0) is 42.4 Å². The summed E-state index contributed by atoms with van der Waals surface area (Å²) in [5, 5.41) is 17.2. The molecule has 1 aromatic carbocycles. The maximum absolute atomic E-state index is 9.21. The summed E-state index contributed by atoms with van der Waals surface area (Å²) in [6.07, 6.45) is 0.